The van der Waals surface area contributed by atoms with Crippen LogP contribution in [0.4, 0.5) is 11.4 Å². The number of nitrogens with zero attached hydrogens (tertiary/aromatic N) is 2. The molecule has 2 heterocycles. The maximum absolute atomic E-state index is 16.3. The van der Waals surface area contributed by atoms with Crippen molar-refractivity contribution in [1.82, 2.24) is 0 Å². The van der Waals surface area contributed by atoms with E-state index in [1.54, 1.807) is 0 Å². The minimum atomic E-state index is -0.404. The Balaban J connectivity index is 0.628. The fourth-order valence-corrected chi connectivity index (χ4v) is 23.8. The fraction of sp³-hybridized carbons (Fsp3) is 0.212. The van der Waals surface area contributed by atoms with Gasteiger partial charge in [-0.2, -0.15) is 0 Å². The van der Waals surface area contributed by atoms with Crippen LogP contribution in [0.25, 0.3) is 177 Å². The number of amides is 4. The molecule has 0 saturated carbocycles. The second kappa shape index (κ2) is 31.0. The minimum Gasteiger partial charge on any atom is -0.457 e. The molecule has 0 fully saturated rings. The number of rotatable bonds is 14. The lowest BCUT2D eigenvalue weighted by Crippen LogP contribution is -2.42. The second-order valence-corrected chi connectivity index (χ2v) is 45.5. The van der Waals surface area contributed by atoms with Crippen molar-refractivity contribution < 1.29 is 38.1 Å². The van der Waals surface area contributed by atoms with E-state index < -0.39 is 23.6 Å². The highest BCUT2D eigenvalue weighted by Crippen LogP contribution is 2.62. The van der Waals surface area contributed by atoms with E-state index in [1.807, 2.05) is 109 Å². The molecular formula is C132H110N2O8. The molecule has 20 aromatic rings. The van der Waals surface area contributed by atoms with Gasteiger partial charge in [0.15, 0.2) is 0 Å². The molecule has 10 heteroatoms. The number of ether oxygens (including phenoxy) is 4. The van der Waals surface area contributed by atoms with E-state index in [-0.39, 0.29) is 45.3 Å². The van der Waals surface area contributed by atoms with Crippen molar-refractivity contribution in [2.24, 2.45) is 0 Å². The van der Waals surface area contributed by atoms with Crippen LogP contribution in [-0.2, 0) is 21.7 Å². The topological polar surface area (TPSA) is 112 Å². The molecule has 10 nitrogen and oxygen atoms in total. The molecule has 0 N–H and O–H groups in total. The molecule has 20 aromatic carbocycles. The molecule has 0 unspecified atom stereocenters. The van der Waals surface area contributed by atoms with Gasteiger partial charge in [-0.3, -0.25) is 19.2 Å². The van der Waals surface area contributed by atoms with Gasteiger partial charge in [0.1, 0.15) is 46.0 Å². The van der Waals surface area contributed by atoms with Gasteiger partial charge in [-0.25, -0.2) is 9.80 Å². The third kappa shape index (κ3) is 13.2. The third-order valence-corrected chi connectivity index (χ3v) is 31.1. The summed E-state index contributed by atoms with van der Waals surface area (Å²) < 4.78 is 29.5. The normalized spacial score (nSPS) is 14.0. The van der Waals surface area contributed by atoms with Gasteiger partial charge < -0.3 is 18.9 Å². The van der Waals surface area contributed by atoms with Crippen molar-refractivity contribution in [3.8, 4) is 90.5 Å². The van der Waals surface area contributed by atoms with E-state index in [1.165, 1.54) is 9.80 Å². The summed E-state index contributed by atoms with van der Waals surface area (Å²) in [4.78, 5) is 67.9. The molecule has 25 rings (SSSR count). The first-order valence-electron chi connectivity index (χ1n) is 50.2. The smallest absolute Gasteiger partial charge is 0.266 e. The lowest BCUT2D eigenvalue weighted by molar-refractivity contribution is 0.0877. The summed E-state index contributed by atoms with van der Waals surface area (Å²) in [5.74, 6) is 2.82. The average molecular weight is 1850 g/mol. The Bertz CT molecular complexity index is 8080. The summed E-state index contributed by atoms with van der Waals surface area (Å²) in [6.07, 6.45) is 9.11. The van der Waals surface area contributed by atoms with Crippen molar-refractivity contribution in [2.75, 3.05) is 9.80 Å². The molecule has 0 spiro atoms. The van der Waals surface area contributed by atoms with Gasteiger partial charge >= 0.3 is 0 Å². The van der Waals surface area contributed by atoms with E-state index in [0.717, 1.165) is 208 Å². The molecule has 142 heavy (non-hydrogen) atoms. The van der Waals surface area contributed by atoms with Crippen molar-refractivity contribution in [3.05, 3.63) is 344 Å². The molecular weight excluding hydrogens is 1740 g/mol. The van der Waals surface area contributed by atoms with E-state index in [0.29, 0.717) is 90.4 Å². The lowest BCUT2D eigenvalue weighted by Gasteiger charge is -2.33. The molecule has 2 aliphatic heterocycles. The van der Waals surface area contributed by atoms with Gasteiger partial charge in [-0.05, 0) is 343 Å². The first-order valence-corrected chi connectivity index (χ1v) is 50.2. The summed E-state index contributed by atoms with van der Waals surface area (Å²) in [5.41, 5.74) is 24.0. The Morgan fingerprint density at radius 1 is 0.211 bits per heavy atom. The highest BCUT2D eigenvalue weighted by Gasteiger charge is 2.45. The van der Waals surface area contributed by atoms with Crippen molar-refractivity contribution in [1.29, 1.82) is 0 Å². The van der Waals surface area contributed by atoms with E-state index in [2.05, 4.69) is 308 Å². The van der Waals surface area contributed by atoms with E-state index in [9.17, 15) is 0 Å². The van der Waals surface area contributed by atoms with Gasteiger partial charge in [0.05, 0.1) is 33.6 Å². The number of para-hydroxylation sites is 2. The lowest BCUT2D eigenvalue weighted by atomic mass is 9.82. The van der Waals surface area contributed by atoms with Crippen molar-refractivity contribution in [3.63, 3.8) is 0 Å². The van der Waals surface area contributed by atoms with Crippen LogP contribution < -0.4 is 28.7 Å². The number of carbonyl (C=O) groups excluding carboxylic acids is 4. The Morgan fingerprint density at radius 2 is 0.423 bits per heavy atom. The van der Waals surface area contributed by atoms with Crippen LogP contribution >= 0.6 is 0 Å². The Kier molecular flexibility index (Phi) is 19.2. The number of fused-ring (bicyclic) bond motifs is 14. The quantitative estimate of drug-likeness (QED) is 0.0601. The van der Waals surface area contributed by atoms with Crippen LogP contribution in [0.15, 0.2) is 255 Å². The zero-order valence-electron chi connectivity index (χ0n) is 84.0. The van der Waals surface area contributed by atoms with E-state index in [4.69, 9.17) is 18.9 Å². The molecule has 0 radical (unpaired) electrons. The summed E-state index contributed by atoms with van der Waals surface area (Å²) in [6.45, 7) is 43.4. The van der Waals surface area contributed by atoms with Gasteiger partial charge in [0.2, 0.25) is 0 Å². The maximum Gasteiger partial charge on any atom is 0.266 e. The first-order chi connectivity index (χ1) is 67.9. The second-order valence-electron chi connectivity index (χ2n) is 45.5. The number of hydrogen-bond donors (Lipinski definition) is 0. The van der Waals surface area contributed by atoms with Gasteiger partial charge in [0, 0.05) is 43.1 Å². The molecule has 0 saturated heterocycles. The van der Waals surface area contributed by atoms with Crippen LogP contribution in [0.5, 0.6) is 46.0 Å². The summed E-state index contributed by atoms with van der Waals surface area (Å²) >= 11 is 0. The number of carbonyl (C=O) groups is 4. The Hall–Kier alpha value is -15.5. The van der Waals surface area contributed by atoms with Crippen molar-refractivity contribution in [2.45, 2.75) is 184 Å². The largest absolute Gasteiger partial charge is 0.457 e. The van der Waals surface area contributed by atoms with Crippen LogP contribution in [0.1, 0.15) is 270 Å². The predicted octanol–water partition coefficient (Wildman–Crippen LogP) is 36.5. The van der Waals surface area contributed by atoms with Gasteiger partial charge in [-0.1, -0.05) is 296 Å². The van der Waals surface area contributed by atoms with Crippen LogP contribution in [0.2, 0.25) is 0 Å². The maximum atomic E-state index is 16.3. The molecule has 5 aliphatic rings. The van der Waals surface area contributed by atoms with Crippen LogP contribution in [0.3, 0.4) is 0 Å². The predicted molar refractivity (Wildman–Crippen MR) is 589 cm³/mol. The summed E-state index contributed by atoms with van der Waals surface area (Å²) in [6, 6.07) is 90.0. The third-order valence-electron chi connectivity index (χ3n) is 31.1. The molecule has 696 valence electrons. The SMILES string of the molecule is CC(C)c1cccc(C(C)C)c1N1C(=O)c2cc(Oc3ccc(C(C)(C)C)cc3)c3c4ccc5c6c(ccc(c7c(Oc8ccc(C(C)(C)C)cc8)cc(c2c37)C1=O)c64)-c1cc2cc3c(cc2cc1-5)C=Cc1cc2cc4c(cc2cc1C=C3)-c1ccc2c3c(Oc5ccc(C(C)(C)C)cc5)cc5c6c(cc(Oc7ccc(C(C)(C)C)cc7)c(c7ccc-4c1c72)c63)C(=O)N(c1c(C(C)C)cccc1C(C)C)C5=O. The Labute approximate surface area is 827 Å². The number of imide groups is 2. The fourth-order valence-electron chi connectivity index (χ4n) is 23.8. The molecule has 4 amide bonds. The molecule has 0 atom stereocenters. The van der Waals surface area contributed by atoms with Crippen LogP contribution in [-0.4, -0.2) is 23.6 Å². The van der Waals surface area contributed by atoms with Gasteiger partial charge in [-0.15, -0.1) is 0 Å². The molecule has 3 aliphatic carbocycles. The first kappa shape index (κ1) is 87.9. The number of anilines is 2. The van der Waals surface area contributed by atoms with Crippen LogP contribution in [0, 0.1) is 0 Å². The standard InChI is InChI=1S/C132H110N2O8/c1-67(2)87-23-21-24-88(68(3)4)123(87)133-125(135)103-63-107(139-83-39-31-79(32-40-83)129(9,10)11)117-95-51-47-91-99-59-75-55-71-27-29-73-57-77-61-101-93-49-53-97-114-98(120-110(142-86-45-37-82(38-46-86)132(18,19)20)66-106-116-105(65-109(119(97)122(116)120)141-85-43-35-81(36-44-85)131(15,16)17)127(137)134(128(106)138)124-89(69(5)6)25-22-26-90(124)70(7)8)54-50-94(112(93)114)102(101)62-78(77)58-74(73)30-28-72(71)56-76(75)60-100(99)92-48-52-96(113(95)111(91)92)118-108(64-104(126(133)136)115(103)121(117)118)140-84-41-33-80(34-42-84)130(12,13)14/h21-70H,1-20H3. The minimum absolute atomic E-state index is 0.00921. The Morgan fingerprint density at radius 3 is 0.627 bits per heavy atom. The molecule has 0 bridgehead atoms. The monoisotopic (exact) mass is 1850 g/mol. The number of benzene rings is 20. The number of hydrogen-bond acceptors (Lipinski definition) is 8. The van der Waals surface area contributed by atoms with E-state index >= 15 is 19.2 Å². The summed E-state index contributed by atoms with van der Waals surface area (Å²) in [5, 5.41) is 18.2. The average Bonchev–Trinajstić information content (AvgIpc) is 1.31. The highest BCUT2D eigenvalue weighted by atomic mass is 16.5. The molecule has 0 aromatic heterocycles. The van der Waals surface area contributed by atoms with Gasteiger partial charge in [0.25, 0.3) is 23.6 Å². The zero-order chi connectivity index (χ0) is 98.3. The van der Waals surface area contributed by atoms with Crippen molar-refractivity contribution >= 4 is 167 Å². The highest BCUT2D eigenvalue weighted by molar-refractivity contribution is 6.48. The summed E-state index contributed by atoms with van der Waals surface area (Å²) in [7, 11) is 0. The zero-order valence-corrected chi connectivity index (χ0v) is 84.0.